The summed E-state index contributed by atoms with van der Waals surface area (Å²) in [7, 11) is 1.68. The fraction of sp³-hybridized carbons (Fsp3) is 0.273. The first-order valence-corrected chi connectivity index (χ1v) is 11.1. The van der Waals surface area contributed by atoms with E-state index in [9.17, 15) is 22.8 Å². The lowest BCUT2D eigenvalue weighted by Gasteiger charge is -2.11. The Morgan fingerprint density at radius 1 is 1.21 bits per heavy atom. The van der Waals surface area contributed by atoms with Gasteiger partial charge in [0.15, 0.2) is 4.80 Å². The van der Waals surface area contributed by atoms with Crippen LogP contribution in [0.25, 0.3) is 11.3 Å². The molecule has 180 valence electrons. The minimum Gasteiger partial charge on any atom is -0.406 e. The number of halogens is 3. The van der Waals surface area contributed by atoms with E-state index in [1.807, 2.05) is 0 Å². The van der Waals surface area contributed by atoms with Crippen molar-refractivity contribution in [3.8, 4) is 17.0 Å². The van der Waals surface area contributed by atoms with Crippen LogP contribution >= 0.6 is 11.3 Å². The average molecular weight is 494 g/mol. The van der Waals surface area contributed by atoms with Gasteiger partial charge in [-0.1, -0.05) is 0 Å². The van der Waals surface area contributed by atoms with Crippen LogP contribution in [0.2, 0.25) is 0 Å². The summed E-state index contributed by atoms with van der Waals surface area (Å²) in [6.07, 6.45) is -1.25. The molecule has 0 bridgehead atoms. The molecule has 3 rings (SSSR count). The van der Waals surface area contributed by atoms with Gasteiger partial charge in [0.1, 0.15) is 5.75 Å². The third-order valence-corrected chi connectivity index (χ3v) is 5.50. The number of amides is 2. The summed E-state index contributed by atoms with van der Waals surface area (Å²) in [4.78, 5) is 32.7. The number of pyridine rings is 1. The average Bonchev–Trinajstić information content (AvgIpc) is 3.18. The van der Waals surface area contributed by atoms with Gasteiger partial charge in [-0.2, -0.15) is 4.99 Å². The number of carbonyl (C=O) groups excluding carboxylic acids is 2. The SMILES string of the molecule is CNc1ccncc1C(=O)N=c1scc(-c2ccc(OC(F)(F)F)cc2)n1CCCNC(C)=O. The summed E-state index contributed by atoms with van der Waals surface area (Å²) >= 11 is 1.22. The van der Waals surface area contributed by atoms with Crippen molar-refractivity contribution >= 4 is 28.8 Å². The monoisotopic (exact) mass is 493 g/mol. The van der Waals surface area contributed by atoms with Crippen LogP contribution in [-0.4, -0.2) is 41.3 Å². The molecule has 2 aromatic heterocycles. The van der Waals surface area contributed by atoms with Gasteiger partial charge in [-0.05, 0) is 42.3 Å². The first-order valence-electron chi connectivity index (χ1n) is 10.2. The van der Waals surface area contributed by atoms with Crippen LogP contribution in [0.4, 0.5) is 18.9 Å². The van der Waals surface area contributed by atoms with E-state index < -0.39 is 12.3 Å². The van der Waals surface area contributed by atoms with Crippen LogP contribution in [-0.2, 0) is 11.3 Å². The zero-order valence-corrected chi connectivity index (χ0v) is 19.2. The van der Waals surface area contributed by atoms with E-state index >= 15 is 0 Å². The summed E-state index contributed by atoms with van der Waals surface area (Å²) in [6.45, 7) is 2.24. The maximum absolute atomic E-state index is 12.9. The second-order valence-corrected chi connectivity index (χ2v) is 7.89. The number of aromatic nitrogens is 2. The highest BCUT2D eigenvalue weighted by Gasteiger charge is 2.31. The molecule has 1 aromatic carbocycles. The summed E-state index contributed by atoms with van der Waals surface area (Å²) < 4.78 is 43.1. The summed E-state index contributed by atoms with van der Waals surface area (Å²) in [5.41, 5.74) is 2.17. The normalized spacial score (nSPS) is 11.9. The Morgan fingerprint density at radius 3 is 2.59 bits per heavy atom. The number of nitrogens with one attached hydrogen (secondary N) is 2. The molecular weight excluding hydrogens is 471 g/mol. The van der Waals surface area contributed by atoms with Crippen molar-refractivity contribution in [1.29, 1.82) is 0 Å². The van der Waals surface area contributed by atoms with Crippen molar-refractivity contribution in [3.05, 3.63) is 58.5 Å². The lowest BCUT2D eigenvalue weighted by molar-refractivity contribution is -0.274. The predicted molar refractivity (Wildman–Crippen MR) is 121 cm³/mol. The van der Waals surface area contributed by atoms with Gasteiger partial charge in [0.05, 0.1) is 11.3 Å². The molecule has 2 amide bonds. The molecule has 0 saturated carbocycles. The van der Waals surface area contributed by atoms with Gasteiger partial charge >= 0.3 is 6.36 Å². The maximum atomic E-state index is 12.9. The second kappa shape index (κ2) is 11.0. The topological polar surface area (TPSA) is 97.6 Å². The highest BCUT2D eigenvalue weighted by atomic mass is 32.1. The van der Waals surface area contributed by atoms with E-state index in [2.05, 4.69) is 25.3 Å². The molecule has 0 unspecified atom stereocenters. The Labute approximate surface area is 197 Å². The molecule has 3 aromatic rings. The standard InChI is InChI=1S/C22H22F3N5O3S/c1-14(31)28-9-3-11-30-19(15-4-6-16(7-5-15)33-22(23,24)25)13-34-21(30)29-20(32)17-12-27-10-8-18(17)26-2/h4-8,10,12-13H,3,9,11H2,1-2H3,(H,26,27)(H,28,31). The molecule has 0 spiro atoms. The van der Waals surface area contributed by atoms with Gasteiger partial charge in [-0.3, -0.25) is 14.6 Å². The Hall–Kier alpha value is -3.67. The lowest BCUT2D eigenvalue weighted by Crippen LogP contribution is -2.24. The zero-order valence-electron chi connectivity index (χ0n) is 18.3. The molecule has 8 nitrogen and oxygen atoms in total. The maximum Gasteiger partial charge on any atom is 0.573 e. The Balaban J connectivity index is 1.96. The van der Waals surface area contributed by atoms with Crippen LogP contribution in [0.1, 0.15) is 23.7 Å². The molecule has 0 aliphatic heterocycles. The molecule has 0 radical (unpaired) electrons. The van der Waals surface area contributed by atoms with Gasteiger partial charge in [0.25, 0.3) is 5.91 Å². The van der Waals surface area contributed by atoms with Gasteiger partial charge in [0.2, 0.25) is 5.91 Å². The molecule has 2 N–H and O–H groups in total. The van der Waals surface area contributed by atoms with E-state index in [1.54, 1.807) is 29.3 Å². The van der Waals surface area contributed by atoms with Crippen molar-refractivity contribution in [2.45, 2.75) is 26.3 Å². The number of anilines is 1. The van der Waals surface area contributed by atoms with Crippen LogP contribution in [0, 0.1) is 0 Å². The minimum absolute atomic E-state index is 0.160. The number of alkyl halides is 3. The fourth-order valence-electron chi connectivity index (χ4n) is 3.12. The van der Waals surface area contributed by atoms with Crippen molar-refractivity contribution < 1.29 is 27.5 Å². The third kappa shape index (κ3) is 6.67. The number of hydrogen-bond donors (Lipinski definition) is 2. The van der Waals surface area contributed by atoms with Crippen LogP contribution in [0.15, 0.2) is 53.1 Å². The predicted octanol–water partition coefficient (Wildman–Crippen LogP) is 3.82. The van der Waals surface area contributed by atoms with Crippen LogP contribution in [0.5, 0.6) is 5.75 Å². The van der Waals surface area contributed by atoms with Crippen molar-refractivity contribution in [3.63, 3.8) is 0 Å². The van der Waals surface area contributed by atoms with E-state index in [4.69, 9.17) is 0 Å². The second-order valence-electron chi connectivity index (χ2n) is 7.05. The minimum atomic E-state index is -4.78. The molecule has 2 heterocycles. The highest BCUT2D eigenvalue weighted by molar-refractivity contribution is 7.07. The first kappa shape index (κ1) is 25.0. The van der Waals surface area contributed by atoms with Crippen LogP contribution < -0.4 is 20.2 Å². The number of thiazole rings is 1. The Bertz CT molecular complexity index is 1220. The molecule has 0 fully saturated rings. The smallest absolute Gasteiger partial charge is 0.406 e. The quantitative estimate of drug-likeness (QED) is 0.465. The van der Waals surface area contributed by atoms with E-state index in [0.717, 1.165) is 0 Å². The van der Waals surface area contributed by atoms with Crippen molar-refractivity contribution in [1.82, 2.24) is 14.9 Å². The number of benzene rings is 1. The molecule has 0 saturated heterocycles. The van der Waals surface area contributed by atoms with E-state index in [-0.39, 0.29) is 11.7 Å². The number of hydrogen-bond acceptors (Lipinski definition) is 6. The largest absolute Gasteiger partial charge is 0.573 e. The highest BCUT2D eigenvalue weighted by Crippen LogP contribution is 2.27. The Morgan fingerprint density at radius 2 is 1.94 bits per heavy atom. The lowest BCUT2D eigenvalue weighted by atomic mass is 10.1. The molecule has 12 heteroatoms. The molecule has 0 aliphatic carbocycles. The number of ether oxygens (including phenoxy) is 1. The van der Waals surface area contributed by atoms with Gasteiger partial charge < -0.3 is 19.9 Å². The summed E-state index contributed by atoms with van der Waals surface area (Å²) in [6, 6.07) is 7.10. The number of carbonyl (C=O) groups is 2. The first-order chi connectivity index (χ1) is 16.2. The van der Waals surface area contributed by atoms with E-state index in [1.165, 1.54) is 48.7 Å². The number of rotatable bonds is 8. The fourth-order valence-corrected chi connectivity index (χ4v) is 4.06. The molecular formula is C22H22F3N5O3S. The van der Waals surface area contributed by atoms with Gasteiger partial charge in [-0.15, -0.1) is 24.5 Å². The Kier molecular flexibility index (Phi) is 8.05. The summed E-state index contributed by atoms with van der Waals surface area (Å²) in [5.74, 6) is -0.984. The van der Waals surface area contributed by atoms with E-state index in [0.29, 0.717) is 46.8 Å². The summed E-state index contributed by atoms with van der Waals surface area (Å²) in [5, 5.41) is 7.41. The van der Waals surface area contributed by atoms with Gasteiger partial charge in [-0.25, -0.2) is 0 Å². The van der Waals surface area contributed by atoms with Crippen molar-refractivity contribution in [2.75, 3.05) is 18.9 Å². The molecule has 0 atom stereocenters. The van der Waals surface area contributed by atoms with Gasteiger partial charge in [0, 0.05) is 50.5 Å². The van der Waals surface area contributed by atoms with Crippen LogP contribution in [0.3, 0.4) is 0 Å². The third-order valence-electron chi connectivity index (χ3n) is 4.63. The zero-order chi connectivity index (χ0) is 24.7. The molecule has 34 heavy (non-hydrogen) atoms. The number of nitrogens with zero attached hydrogens (tertiary/aromatic N) is 3. The van der Waals surface area contributed by atoms with Crippen molar-refractivity contribution in [2.24, 2.45) is 4.99 Å². The molecule has 0 aliphatic rings.